The van der Waals surface area contributed by atoms with E-state index in [1.807, 2.05) is 30.7 Å². The molecule has 4 rings (SSSR count). The third-order valence-electron chi connectivity index (χ3n) is 5.54. The molecule has 160 valence electrons. The number of benzene rings is 2. The van der Waals surface area contributed by atoms with Crippen LogP contribution in [0.15, 0.2) is 54.7 Å². The van der Waals surface area contributed by atoms with Gasteiger partial charge in [-0.25, -0.2) is 4.39 Å². The topological polar surface area (TPSA) is 59.8 Å². The zero-order valence-electron chi connectivity index (χ0n) is 18.3. The van der Waals surface area contributed by atoms with Gasteiger partial charge in [-0.1, -0.05) is 44.2 Å². The predicted octanol–water partition coefficient (Wildman–Crippen LogP) is 5.27. The molecular formula is C25H27FN4O. The minimum atomic E-state index is -0.524. The minimum Gasteiger partial charge on any atom is -0.345 e. The summed E-state index contributed by atoms with van der Waals surface area (Å²) < 4.78 is 15.9. The van der Waals surface area contributed by atoms with Gasteiger partial charge in [0.2, 0.25) is 0 Å². The molecule has 1 amide bonds. The Morgan fingerprint density at radius 2 is 1.97 bits per heavy atom. The Hall–Kier alpha value is -3.28. The summed E-state index contributed by atoms with van der Waals surface area (Å²) in [6.45, 7) is 8.86. The van der Waals surface area contributed by atoms with E-state index in [-0.39, 0.29) is 11.4 Å². The molecule has 0 aliphatic carbocycles. The Bertz CT molecular complexity index is 1260. The quantitative estimate of drug-likeness (QED) is 0.464. The molecule has 0 fully saturated rings. The van der Waals surface area contributed by atoms with Gasteiger partial charge in [-0.2, -0.15) is 5.10 Å². The summed E-state index contributed by atoms with van der Waals surface area (Å²) in [6, 6.07) is 14.5. The van der Waals surface area contributed by atoms with Crippen molar-refractivity contribution in [1.82, 2.24) is 20.1 Å². The lowest BCUT2D eigenvalue weighted by molar-refractivity contribution is 0.0880. The second kappa shape index (κ2) is 8.10. The fourth-order valence-corrected chi connectivity index (χ4v) is 4.39. The average Bonchev–Trinajstić information content (AvgIpc) is 3.02. The van der Waals surface area contributed by atoms with E-state index in [1.165, 1.54) is 12.3 Å². The van der Waals surface area contributed by atoms with Crippen molar-refractivity contribution >= 4 is 27.7 Å². The first-order chi connectivity index (χ1) is 14.8. The number of carbonyl (C=O) groups is 1. The van der Waals surface area contributed by atoms with Gasteiger partial charge in [0.15, 0.2) is 0 Å². The van der Waals surface area contributed by atoms with E-state index in [0.29, 0.717) is 23.4 Å². The largest absolute Gasteiger partial charge is 0.345 e. The Morgan fingerprint density at radius 1 is 1.19 bits per heavy atom. The fraction of sp³-hybridized carbons (Fsp3) is 0.320. The monoisotopic (exact) mass is 418 g/mol. The van der Waals surface area contributed by atoms with Crippen LogP contribution in [0.2, 0.25) is 0 Å². The van der Waals surface area contributed by atoms with Gasteiger partial charge in [0, 0.05) is 17.0 Å². The molecule has 0 aliphatic heterocycles. The number of rotatable bonds is 6. The highest BCUT2D eigenvalue weighted by molar-refractivity contribution is 5.97. The van der Waals surface area contributed by atoms with Gasteiger partial charge in [-0.15, -0.1) is 0 Å². The maximum Gasteiger partial charge on any atom is 0.253 e. The predicted molar refractivity (Wildman–Crippen MR) is 121 cm³/mol. The minimum absolute atomic E-state index is 0.227. The highest BCUT2D eigenvalue weighted by Crippen LogP contribution is 2.24. The number of fused-ring (bicyclic) bond motifs is 2. The first-order valence-electron chi connectivity index (χ1n) is 10.5. The van der Waals surface area contributed by atoms with Gasteiger partial charge in [-0.05, 0) is 44.4 Å². The number of aryl methyl sites for hydroxylation is 1. The van der Waals surface area contributed by atoms with Gasteiger partial charge in [-0.3, -0.25) is 14.5 Å². The van der Waals surface area contributed by atoms with Crippen LogP contribution in [0.1, 0.15) is 43.2 Å². The Balaban J connectivity index is 1.65. The number of nitrogens with zero attached hydrogens (tertiary/aromatic N) is 3. The number of aromatic nitrogens is 3. The maximum absolute atomic E-state index is 13.9. The van der Waals surface area contributed by atoms with Crippen molar-refractivity contribution in [2.45, 2.75) is 46.2 Å². The van der Waals surface area contributed by atoms with Gasteiger partial charge < -0.3 is 5.32 Å². The summed E-state index contributed by atoms with van der Waals surface area (Å²) in [5.41, 5.74) is 2.17. The molecule has 0 saturated heterocycles. The second-order valence-electron chi connectivity index (χ2n) is 8.91. The summed E-state index contributed by atoms with van der Waals surface area (Å²) >= 11 is 0. The van der Waals surface area contributed by atoms with Crippen LogP contribution in [-0.2, 0) is 6.54 Å². The summed E-state index contributed by atoms with van der Waals surface area (Å²) in [7, 11) is 0. The number of pyridine rings is 1. The highest BCUT2D eigenvalue weighted by Gasteiger charge is 2.30. The Labute approximate surface area is 181 Å². The second-order valence-corrected chi connectivity index (χ2v) is 8.91. The van der Waals surface area contributed by atoms with Crippen LogP contribution in [0.5, 0.6) is 0 Å². The molecule has 0 saturated carbocycles. The van der Waals surface area contributed by atoms with E-state index in [2.05, 4.69) is 36.3 Å². The molecule has 1 atom stereocenters. The van der Waals surface area contributed by atoms with E-state index in [9.17, 15) is 9.18 Å². The molecular weight excluding hydrogens is 391 g/mol. The molecule has 1 N–H and O–H groups in total. The fourth-order valence-electron chi connectivity index (χ4n) is 4.39. The normalized spacial score (nSPS) is 13.6. The standard InChI is InChI=1S/C25H27FN4O/c1-16(2)13-25(4,15-30-22-11-6-5-9-20(22)17(3)29-30)28-24(31)19-12-18-8-7-10-21(26)23(18)27-14-19/h5-12,14,16H,13,15H2,1-4H3,(H,28,31). The van der Waals surface area contributed by atoms with Crippen LogP contribution < -0.4 is 5.32 Å². The van der Waals surface area contributed by atoms with Crippen molar-refractivity contribution in [3.05, 3.63) is 71.8 Å². The van der Waals surface area contributed by atoms with E-state index in [0.717, 1.165) is 23.0 Å². The van der Waals surface area contributed by atoms with E-state index in [1.54, 1.807) is 18.2 Å². The molecule has 0 bridgehead atoms. The molecule has 2 aromatic carbocycles. The molecule has 0 radical (unpaired) electrons. The molecule has 4 aromatic rings. The number of para-hydroxylation sites is 2. The number of carbonyl (C=O) groups excluding carboxylic acids is 1. The maximum atomic E-state index is 13.9. The van der Waals surface area contributed by atoms with Gasteiger partial charge in [0.05, 0.1) is 28.9 Å². The molecule has 31 heavy (non-hydrogen) atoms. The smallest absolute Gasteiger partial charge is 0.253 e. The summed E-state index contributed by atoms with van der Waals surface area (Å²) in [5.74, 6) is -0.248. The lowest BCUT2D eigenvalue weighted by atomic mass is 9.90. The van der Waals surface area contributed by atoms with Gasteiger partial charge in [0.25, 0.3) is 5.91 Å². The zero-order chi connectivity index (χ0) is 22.2. The summed E-state index contributed by atoms with van der Waals surface area (Å²) in [5, 5.41) is 9.65. The summed E-state index contributed by atoms with van der Waals surface area (Å²) in [4.78, 5) is 17.3. The highest BCUT2D eigenvalue weighted by atomic mass is 19.1. The first-order valence-corrected chi connectivity index (χ1v) is 10.5. The van der Waals surface area contributed by atoms with Crippen LogP contribution in [0.3, 0.4) is 0 Å². The van der Waals surface area contributed by atoms with Crippen molar-refractivity contribution in [3.63, 3.8) is 0 Å². The molecule has 5 nitrogen and oxygen atoms in total. The van der Waals surface area contributed by atoms with Gasteiger partial charge >= 0.3 is 0 Å². The number of hydrogen-bond donors (Lipinski definition) is 1. The lowest BCUT2D eigenvalue weighted by Gasteiger charge is -2.33. The van der Waals surface area contributed by atoms with Crippen molar-refractivity contribution in [3.8, 4) is 0 Å². The lowest BCUT2D eigenvalue weighted by Crippen LogP contribution is -2.50. The molecule has 0 spiro atoms. The van der Waals surface area contributed by atoms with Crippen LogP contribution in [0, 0.1) is 18.7 Å². The molecule has 2 aromatic heterocycles. The SMILES string of the molecule is Cc1nn(CC(C)(CC(C)C)NC(=O)c2cnc3c(F)cccc3c2)c2ccccc12. The van der Waals surface area contributed by atoms with Gasteiger partial charge in [0.1, 0.15) is 11.3 Å². The number of nitrogens with one attached hydrogen (secondary N) is 1. The zero-order valence-corrected chi connectivity index (χ0v) is 18.3. The van der Waals surface area contributed by atoms with Crippen LogP contribution in [-0.4, -0.2) is 26.2 Å². The van der Waals surface area contributed by atoms with Crippen molar-refractivity contribution < 1.29 is 9.18 Å². The molecule has 2 heterocycles. The first kappa shape index (κ1) is 21.0. The van der Waals surface area contributed by atoms with Crippen molar-refractivity contribution in [2.75, 3.05) is 0 Å². The van der Waals surface area contributed by atoms with Crippen LogP contribution in [0.25, 0.3) is 21.8 Å². The van der Waals surface area contributed by atoms with Crippen LogP contribution in [0.4, 0.5) is 4.39 Å². The Morgan fingerprint density at radius 3 is 2.74 bits per heavy atom. The summed E-state index contributed by atoms with van der Waals surface area (Å²) in [6.07, 6.45) is 2.21. The van der Waals surface area contributed by atoms with Crippen molar-refractivity contribution in [1.29, 1.82) is 0 Å². The van der Waals surface area contributed by atoms with Crippen LogP contribution >= 0.6 is 0 Å². The van der Waals surface area contributed by atoms with Crippen molar-refractivity contribution in [2.24, 2.45) is 5.92 Å². The third kappa shape index (κ3) is 4.29. The number of hydrogen-bond acceptors (Lipinski definition) is 3. The van der Waals surface area contributed by atoms with E-state index in [4.69, 9.17) is 5.10 Å². The Kier molecular flexibility index (Phi) is 5.48. The molecule has 0 aliphatic rings. The average molecular weight is 419 g/mol. The molecule has 6 heteroatoms. The number of halogens is 1. The number of amides is 1. The molecule has 1 unspecified atom stereocenters. The van der Waals surface area contributed by atoms with E-state index >= 15 is 0 Å². The van der Waals surface area contributed by atoms with E-state index < -0.39 is 11.4 Å². The third-order valence-corrected chi connectivity index (χ3v) is 5.54.